The number of benzene rings is 1. The van der Waals surface area contributed by atoms with E-state index in [9.17, 15) is 4.39 Å². The number of rotatable bonds is 6. The van der Waals surface area contributed by atoms with Crippen LogP contribution in [0.3, 0.4) is 0 Å². The average Bonchev–Trinajstić information content (AvgIpc) is 2.44. The Labute approximate surface area is 125 Å². The van der Waals surface area contributed by atoms with E-state index < -0.39 is 0 Å². The van der Waals surface area contributed by atoms with Gasteiger partial charge in [0.25, 0.3) is 0 Å². The molecule has 0 atom stereocenters. The van der Waals surface area contributed by atoms with Gasteiger partial charge in [-0.3, -0.25) is 4.98 Å². The molecule has 0 aliphatic heterocycles. The minimum atomic E-state index is -0.259. The Morgan fingerprint density at radius 1 is 1.19 bits per heavy atom. The molecule has 3 nitrogen and oxygen atoms in total. The Morgan fingerprint density at radius 2 is 1.95 bits per heavy atom. The predicted molar refractivity (Wildman–Crippen MR) is 82.0 cm³/mol. The maximum atomic E-state index is 14.0. The van der Waals surface area contributed by atoms with Crippen molar-refractivity contribution >= 4 is 0 Å². The van der Waals surface area contributed by atoms with Crippen LogP contribution in [0.2, 0.25) is 0 Å². The van der Waals surface area contributed by atoms with Crippen molar-refractivity contribution in [2.75, 3.05) is 6.54 Å². The van der Waals surface area contributed by atoms with Gasteiger partial charge >= 0.3 is 0 Å². The molecule has 0 spiro atoms. The fourth-order valence-electron chi connectivity index (χ4n) is 1.99. The van der Waals surface area contributed by atoms with E-state index in [2.05, 4.69) is 24.1 Å². The third-order valence-corrected chi connectivity index (χ3v) is 3.11. The van der Waals surface area contributed by atoms with Crippen molar-refractivity contribution in [1.29, 1.82) is 0 Å². The lowest BCUT2D eigenvalue weighted by molar-refractivity contribution is 0.452. The van der Waals surface area contributed by atoms with Crippen LogP contribution in [0, 0.1) is 18.7 Å². The van der Waals surface area contributed by atoms with Crippen LogP contribution < -0.4 is 10.1 Å². The number of nitrogens with zero attached hydrogens (tertiary/aromatic N) is 1. The first-order chi connectivity index (χ1) is 10.1. The van der Waals surface area contributed by atoms with Crippen molar-refractivity contribution in [1.82, 2.24) is 10.3 Å². The molecule has 0 bridgehead atoms. The molecule has 2 aromatic rings. The van der Waals surface area contributed by atoms with Crippen LogP contribution in [-0.2, 0) is 6.54 Å². The Balaban J connectivity index is 2.19. The molecule has 0 saturated carbocycles. The molecular weight excluding hydrogens is 267 g/mol. The summed E-state index contributed by atoms with van der Waals surface area (Å²) >= 11 is 0. The van der Waals surface area contributed by atoms with Gasteiger partial charge in [0.05, 0.1) is 5.69 Å². The first-order valence-corrected chi connectivity index (χ1v) is 7.15. The molecule has 21 heavy (non-hydrogen) atoms. The van der Waals surface area contributed by atoms with Gasteiger partial charge in [0, 0.05) is 18.3 Å². The van der Waals surface area contributed by atoms with Crippen LogP contribution in [-0.4, -0.2) is 11.5 Å². The molecule has 1 aromatic carbocycles. The van der Waals surface area contributed by atoms with Crippen molar-refractivity contribution in [3.63, 3.8) is 0 Å². The van der Waals surface area contributed by atoms with Gasteiger partial charge in [0.15, 0.2) is 0 Å². The van der Waals surface area contributed by atoms with Gasteiger partial charge in [-0.2, -0.15) is 0 Å². The van der Waals surface area contributed by atoms with Gasteiger partial charge in [-0.1, -0.05) is 19.9 Å². The molecule has 0 aliphatic carbocycles. The quantitative estimate of drug-likeness (QED) is 0.870. The molecular formula is C17H21FN2O. The summed E-state index contributed by atoms with van der Waals surface area (Å²) in [6.07, 6.45) is 1.71. The summed E-state index contributed by atoms with van der Waals surface area (Å²) in [5.41, 5.74) is 1.32. The Morgan fingerprint density at radius 3 is 2.67 bits per heavy atom. The molecule has 0 unspecified atom stereocenters. The lowest BCUT2D eigenvalue weighted by Crippen LogP contribution is -2.20. The second kappa shape index (κ2) is 7.18. The van der Waals surface area contributed by atoms with Crippen molar-refractivity contribution in [3.8, 4) is 11.5 Å². The Kier molecular flexibility index (Phi) is 5.28. The third-order valence-electron chi connectivity index (χ3n) is 3.11. The molecule has 1 aromatic heterocycles. The van der Waals surface area contributed by atoms with E-state index in [1.54, 1.807) is 24.4 Å². The van der Waals surface area contributed by atoms with Gasteiger partial charge in [0.2, 0.25) is 0 Å². The number of nitrogens with one attached hydrogen (secondary N) is 1. The van der Waals surface area contributed by atoms with E-state index in [0.29, 0.717) is 29.5 Å². The number of aromatic nitrogens is 1. The van der Waals surface area contributed by atoms with Crippen molar-refractivity contribution in [2.45, 2.75) is 27.3 Å². The maximum Gasteiger partial charge on any atom is 0.148 e. The molecule has 112 valence electrons. The number of aryl methyl sites for hydroxylation is 1. The molecule has 4 heteroatoms. The standard InChI is InChI=1S/C17H21FN2O/c1-12(2)10-19-11-14-15(18)6-4-7-17(14)21-16-8-5-9-20-13(16)3/h4-9,12,19H,10-11H2,1-3H3. The second-order valence-electron chi connectivity index (χ2n) is 5.43. The van der Waals surface area contributed by atoms with Crippen LogP contribution in [0.5, 0.6) is 11.5 Å². The highest BCUT2D eigenvalue weighted by atomic mass is 19.1. The van der Waals surface area contributed by atoms with Crippen molar-refractivity contribution in [2.24, 2.45) is 5.92 Å². The minimum Gasteiger partial charge on any atom is -0.455 e. The van der Waals surface area contributed by atoms with Crippen LogP contribution in [0.15, 0.2) is 36.5 Å². The van der Waals surface area contributed by atoms with Crippen LogP contribution in [0.25, 0.3) is 0 Å². The molecule has 0 aliphatic rings. The maximum absolute atomic E-state index is 14.0. The summed E-state index contributed by atoms with van der Waals surface area (Å²) in [6.45, 7) is 7.38. The van der Waals surface area contributed by atoms with E-state index in [4.69, 9.17) is 4.74 Å². The smallest absolute Gasteiger partial charge is 0.148 e. The molecule has 0 amide bonds. The first kappa shape index (κ1) is 15.4. The van der Waals surface area contributed by atoms with Crippen molar-refractivity contribution in [3.05, 3.63) is 53.6 Å². The van der Waals surface area contributed by atoms with Gasteiger partial charge in [-0.25, -0.2) is 4.39 Å². The largest absolute Gasteiger partial charge is 0.455 e. The zero-order valence-electron chi connectivity index (χ0n) is 12.7. The van der Waals surface area contributed by atoms with E-state index in [1.807, 2.05) is 13.0 Å². The molecule has 0 radical (unpaired) electrons. The highest BCUT2D eigenvalue weighted by Crippen LogP contribution is 2.28. The number of halogens is 1. The minimum absolute atomic E-state index is 0.259. The highest BCUT2D eigenvalue weighted by molar-refractivity contribution is 5.39. The summed E-state index contributed by atoms with van der Waals surface area (Å²) in [6, 6.07) is 8.52. The fourth-order valence-corrected chi connectivity index (χ4v) is 1.99. The third kappa shape index (κ3) is 4.26. The second-order valence-corrected chi connectivity index (χ2v) is 5.43. The molecule has 2 rings (SSSR count). The van der Waals surface area contributed by atoms with Crippen molar-refractivity contribution < 1.29 is 9.13 Å². The van der Waals surface area contributed by atoms with E-state index in [-0.39, 0.29) is 5.82 Å². The fraction of sp³-hybridized carbons (Fsp3) is 0.353. The Hall–Kier alpha value is -1.94. The molecule has 1 heterocycles. The zero-order chi connectivity index (χ0) is 15.2. The predicted octanol–water partition coefficient (Wildman–Crippen LogP) is 4.07. The van der Waals surface area contributed by atoms with Gasteiger partial charge < -0.3 is 10.1 Å². The van der Waals surface area contributed by atoms with E-state index >= 15 is 0 Å². The highest BCUT2D eigenvalue weighted by Gasteiger charge is 2.11. The van der Waals surface area contributed by atoms with Gasteiger partial charge in [-0.15, -0.1) is 0 Å². The topological polar surface area (TPSA) is 34.1 Å². The van der Waals surface area contributed by atoms with E-state index in [0.717, 1.165) is 12.2 Å². The summed E-state index contributed by atoms with van der Waals surface area (Å²) < 4.78 is 19.9. The normalized spacial score (nSPS) is 10.9. The number of hydrogen-bond donors (Lipinski definition) is 1. The average molecular weight is 288 g/mol. The summed E-state index contributed by atoms with van der Waals surface area (Å²) in [5, 5.41) is 3.25. The number of ether oxygens (including phenoxy) is 1. The SMILES string of the molecule is Cc1ncccc1Oc1cccc(F)c1CNCC(C)C. The zero-order valence-corrected chi connectivity index (χ0v) is 12.7. The lowest BCUT2D eigenvalue weighted by atomic mass is 10.1. The molecule has 1 N–H and O–H groups in total. The van der Waals surface area contributed by atoms with Crippen LogP contribution in [0.1, 0.15) is 25.1 Å². The first-order valence-electron chi connectivity index (χ1n) is 7.15. The summed E-state index contributed by atoms with van der Waals surface area (Å²) in [4.78, 5) is 4.18. The van der Waals surface area contributed by atoms with Crippen LogP contribution in [0.4, 0.5) is 4.39 Å². The van der Waals surface area contributed by atoms with Gasteiger partial charge in [-0.05, 0) is 43.7 Å². The molecule has 0 saturated heterocycles. The lowest BCUT2D eigenvalue weighted by Gasteiger charge is -2.14. The monoisotopic (exact) mass is 288 g/mol. The Bertz CT molecular complexity index is 599. The summed E-state index contributed by atoms with van der Waals surface area (Å²) in [7, 11) is 0. The van der Waals surface area contributed by atoms with Crippen LogP contribution >= 0.6 is 0 Å². The number of hydrogen-bond acceptors (Lipinski definition) is 3. The number of pyridine rings is 1. The molecule has 0 fully saturated rings. The summed E-state index contributed by atoms with van der Waals surface area (Å²) in [5.74, 6) is 1.43. The van der Waals surface area contributed by atoms with E-state index in [1.165, 1.54) is 6.07 Å². The van der Waals surface area contributed by atoms with Gasteiger partial charge in [0.1, 0.15) is 17.3 Å².